The number of para-hydroxylation sites is 1. The first kappa shape index (κ1) is 20.0. The molecule has 4 nitrogen and oxygen atoms in total. The van der Waals surface area contributed by atoms with Crippen molar-refractivity contribution in [3.05, 3.63) is 101 Å². The number of fused-ring (bicyclic) bond motifs is 1. The summed E-state index contributed by atoms with van der Waals surface area (Å²) in [6, 6.07) is 27.9. The number of halogens is 1. The third kappa shape index (κ3) is 4.81. The lowest BCUT2D eigenvalue weighted by Crippen LogP contribution is -2.10. The van der Waals surface area contributed by atoms with Crippen molar-refractivity contribution in [2.45, 2.75) is 0 Å². The quantitative estimate of drug-likeness (QED) is 0.184. The molecule has 0 heterocycles. The van der Waals surface area contributed by atoms with E-state index in [1.807, 2.05) is 60.7 Å². The van der Waals surface area contributed by atoms with Gasteiger partial charge >= 0.3 is 5.97 Å². The van der Waals surface area contributed by atoms with Crippen molar-refractivity contribution >= 4 is 32.7 Å². The predicted molar refractivity (Wildman–Crippen MR) is 120 cm³/mol. The third-order valence-corrected chi connectivity index (χ3v) is 5.18. The first-order valence-corrected chi connectivity index (χ1v) is 10.3. The Morgan fingerprint density at radius 1 is 0.667 bits per heavy atom. The fourth-order valence-corrected chi connectivity index (χ4v) is 3.48. The monoisotopic (exact) mass is 462 g/mol. The molecule has 4 aromatic carbocycles. The smallest absolute Gasteiger partial charge is 0.343 e. The molecule has 0 unspecified atom stereocenters. The van der Waals surface area contributed by atoms with Gasteiger partial charge in [-0.15, -0.1) is 0 Å². The van der Waals surface area contributed by atoms with Crippen LogP contribution in [0.3, 0.4) is 0 Å². The average Bonchev–Trinajstić information content (AvgIpc) is 2.80. The molecule has 0 atom stereocenters. The van der Waals surface area contributed by atoms with E-state index in [0.717, 1.165) is 21.0 Å². The molecule has 0 bridgehead atoms. The van der Waals surface area contributed by atoms with Gasteiger partial charge in [-0.1, -0.05) is 58.4 Å². The summed E-state index contributed by atoms with van der Waals surface area (Å²) in [7, 11) is 0. The molecule has 0 fully saturated rings. The van der Waals surface area contributed by atoms with Gasteiger partial charge in [-0.25, -0.2) is 4.79 Å². The minimum absolute atomic E-state index is 0.406. The second-order valence-electron chi connectivity index (χ2n) is 6.51. The molecule has 5 heteroatoms. The van der Waals surface area contributed by atoms with Crippen molar-refractivity contribution in [3.63, 3.8) is 0 Å². The number of benzene rings is 4. The van der Waals surface area contributed by atoms with E-state index in [1.54, 1.807) is 30.3 Å². The van der Waals surface area contributed by atoms with Crippen LogP contribution in [0.25, 0.3) is 10.8 Å². The second kappa shape index (κ2) is 9.46. The fraction of sp³-hybridized carbons (Fsp3) is 0.0800. The zero-order chi connectivity index (χ0) is 20.8. The average molecular weight is 463 g/mol. The molecule has 0 aliphatic rings. The molecular formula is C25H19BrO4. The van der Waals surface area contributed by atoms with E-state index < -0.39 is 5.97 Å². The highest BCUT2D eigenvalue weighted by Crippen LogP contribution is 2.32. The second-order valence-corrected chi connectivity index (χ2v) is 7.37. The van der Waals surface area contributed by atoms with Crippen LogP contribution in [-0.4, -0.2) is 19.2 Å². The largest absolute Gasteiger partial charge is 0.490 e. The van der Waals surface area contributed by atoms with Crippen LogP contribution >= 0.6 is 15.9 Å². The topological polar surface area (TPSA) is 44.8 Å². The summed E-state index contributed by atoms with van der Waals surface area (Å²) in [5.41, 5.74) is 0.454. The highest BCUT2D eigenvalue weighted by atomic mass is 79.9. The minimum atomic E-state index is -0.415. The zero-order valence-corrected chi connectivity index (χ0v) is 17.7. The Morgan fingerprint density at radius 3 is 1.97 bits per heavy atom. The number of carbonyl (C=O) groups excluding carboxylic acids is 1. The minimum Gasteiger partial charge on any atom is -0.490 e. The zero-order valence-electron chi connectivity index (χ0n) is 16.1. The predicted octanol–water partition coefficient (Wildman–Crippen LogP) is 6.28. The Bertz CT molecular complexity index is 1140. The summed E-state index contributed by atoms with van der Waals surface area (Å²) in [4.78, 5) is 12.6. The van der Waals surface area contributed by atoms with Crippen molar-refractivity contribution in [1.29, 1.82) is 0 Å². The van der Waals surface area contributed by atoms with E-state index in [4.69, 9.17) is 14.2 Å². The van der Waals surface area contributed by atoms with Crippen LogP contribution in [-0.2, 0) is 0 Å². The van der Waals surface area contributed by atoms with E-state index in [0.29, 0.717) is 30.3 Å². The summed E-state index contributed by atoms with van der Waals surface area (Å²) in [5, 5.41) is 1.86. The Kier molecular flexibility index (Phi) is 6.30. The fourth-order valence-electron chi connectivity index (χ4n) is 3.01. The molecule has 0 aliphatic heterocycles. The maximum absolute atomic E-state index is 12.6. The lowest BCUT2D eigenvalue weighted by molar-refractivity contribution is 0.0737. The van der Waals surface area contributed by atoms with Crippen LogP contribution in [0.1, 0.15) is 10.4 Å². The molecule has 4 rings (SSSR count). The van der Waals surface area contributed by atoms with Crippen LogP contribution in [0.15, 0.2) is 95.5 Å². The number of carbonyl (C=O) groups is 1. The Labute approximate surface area is 183 Å². The molecular weight excluding hydrogens is 444 g/mol. The lowest BCUT2D eigenvalue weighted by atomic mass is 10.1. The Balaban J connectivity index is 1.35. The Hall–Kier alpha value is -3.31. The number of ether oxygens (including phenoxy) is 3. The van der Waals surface area contributed by atoms with Crippen molar-refractivity contribution in [2.75, 3.05) is 13.2 Å². The summed E-state index contributed by atoms with van der Waals surface area (Å²) in [6.07, 6.45) is 0. The molecule has 0 radical (unpaired) electrons. The van der Waals surface area contributed by atoms with Gasteiger partial charge < -0.3 is 14.2 Å². The normalized spacial score (nSPS) is 10.6. The molecule has 0 saturated heterocycles. The van der Waals surface area contributed by atoms with Gasteiger partial charge in [0.1, 0.15) is 30.5 Å². The van der Waals surface area contributed by atoms with Gasteiger partial charge in [0.05, 0.1) is 5.56 Å². The number of hydrogen-bond donors (Lipinski definition) is 0. The molecule has 0 amide bonds. The van der Waals surface area contributed by atoms with Crippen molar-refractivity contribution in [2.24, 2.45) is 0 Å². The molecule has 0 N–H and O–H groups in total. The van der Waals surface area contributed by atoms with Gasteiger partial charge in [-0.2, -0.15) is 0 Å². The number of hydrogen-bond acceptors (Lipinski definition) is 4. The lowest BCUT2D eigenvalue weighted by Gasteiger charge is -2.10. The molecule has 4 aromatic rings. The standard InChI is InChI=1S/C25H19BrO4/c26-23-14-15-24(22-9-5-4-8-21(22)23)30-25(27)18-10-12-20(13-11-18)29-17-16-28-19-6-2-1-3-7-19/h1-15H,16-17H2. The first-order chi connectivity index (χ1) is 14.7. The SMILES string of the molecule is O=C(Oc1ccc(Br)c2ccccc12)c1ccc(OCCOc2ccccc2)cc1. The van der Waals surface area contributed by atoms with E-state index in [1.165, 1.54) is 0 Å². The maximum Gasteiger partial charge on any atom is 0.343 e. The van der Waals surface area contributed by atoms with Crippen LogP contribution in [0.5, 0.6) is 17.2 Å². The van der Waals surface area contributed by atoms with Gasteiger partial charge in [0.15, 0.2) is 0 Å². The van der Waals surface area contributed by atoms with Crippen molar-refractivity contribution in [3.8, 4) is 17.2 Å². The molecule has 0 aromatic heterocycles. The number of esters is 1. The molecule has 150 valence electrons. The summed E-state index contributed by atoms with van der Waals surface area (Å²) < 4.78 is 17.9. The van der Waals surface area contributed by atoms with Gasteiger partial charge in [0.2, 0.25) is 0 Å². The molecule has 30 heavy (non-hydrogen) atoms. The van der Waals surface area contributed by atoms with Crippen molar-refractivity contribution in [1.82, 2.24) is 0 Å². The van der Waals surface area contributed by atoms with E-state index in [-0.39, 0.29) is 0 Å². The van der Waals surface area contributed by atoms with Gasteiger partial charge in [0.25, 0.3) is 0 Å². The van der Waals surface area contributed by atoms with E-state index in [2.05, 4.69) is 15.9 Å². The van der Waals surface area contributed by atoms with Crippen LogP contribution in [0.4, 0.5) is 0 Å². The maximum atomic E-state index is 12.6. The van der Waals surface area contributed by atoms with Crippen molar-refractivity contribution < 1.29 is 19.0 Å². The van der Waals surface area contributed by atoms with Gasteiger partial charge in [-0.3, -0.25) is 0 Å². The highest BCUT2D eigenvalue weighted by Gasteiger charge is 2.12. The summed E-state index contributed by atoms with van der Waals surface area (Å²) in [6.45, 7) is 0.841. The van der Waals surface area contributed by atoms with E-state index >= 15 is 0 Å². The number of rotatable bonds is 7. The summed E-state index contributed by atoms with van der Waals surface area (Å²) >= 11 is 3.53. The molecule has 0 spiro atoms. The van der Waals surface area contributed by atoms with E-state index in [9.17, 15) is 4.79 Å². The van der Waals surface area contributed by atoms with Crippen LogP contribution < -0.4 is 14.2 Å². The van der Waals surface area contributed by atoms with Crippen LogP contribution in [0, 0.1) is 0 Å². The van der Waals surface area contributed by atoms with Gasteiger partial charge in [0, 0.05) is 9.86 Å². The Morgan fingerprint density at radius 2 is 1.27 bits per heavy atom. The third-order valence-electron chi connectivity index (χ3n) is 4.49. The molecule has 0 saturated carbocycles. The molecule has 0 aliphatic carbocycles. The van der Waals surface area contributed by atoms with Crippen LogP contribution in [0.2, 0.25) is 0 Å². The van der Waals surface area contributed by atoms with Gasteiger partial charge in [-0.05, 0) is 53.9 Å². The first-order valence-electron chi connectivity index (χ1n) is 9.51. The summed E-state index contributed by atoms with van der Waals surface area (Å²) in [5.74, 6) is 1.58. The highest BCUT2D eigenvalue weighted by molar-refractivity contribution is 9.10.